The summed E-state index contributed by atoms with van der Waals surface area (Å²) in [5.74, 6) is -1.72. The van der Waals surface area contributed by atoms with Crippen LogP contribution in [0, 0.1) is 27.0 Å². The van der Waals surface area contributed by atoms with E-state index in [0.717, 1.165) is 11.1 Å². The molecule has 8 N–H and O–H groups in total. The molecule has 0 bridgehead atoms. The predicted molar refractivity (Wildman–Crippen MR) is 215 cm³/mol. The van der Waals surface area contributed by atoms with E-state index < -0.39 is 44.8 Å². The number of aliphatic hydroxyl groups is 4. The number of nitrogens with two attached hydrogens (primary N) is 1. The Kier molecular flexibility index (Phi) is 26.0. The minimum atomic E-state index is -1.62. The van der Waals surface area contributed by atoms with Crippen LogP contribution in [0.3, 0.4) is 0 Å². The zero-order chi connectivity index (χ0) is 41.0. The number of hydrogen-bond acceptors (Lipinski definition) is 9. The lowest BCUT2D eigenvalue weighted by atomic mass is 10.1. The summed E-state index contributed by atoms with van der Waals surface area (Å²) in [4.78, 5) is 48.7. The third kappa shape index (κ3) is 21.8. The highest BCUT2D eigenvalue weighted by molar-refractivity contribution is 9.09. The quantitative estimate of drug-likeness (QED) is 0.0606. The van der Waals surface area contributed by atoms with E-state index in [1.165, 1.54) is 27.7 Å². The number of alkyl halides is 4. The average Bonchev–Trinajstić information content (AvgIpc) is 3.06. The third-order valence-corrected chi connectivity index (χ3v) is 10.9. The summed E-state index contributed by atoms with van der Waals surface area (Å²) in [6.07, 6.45) is 0. The predicted octanol–water partition coefficient (Wildman–Crippen LogP) is 6.77. The van der Waals surface area contributed by atoms with Crippen LogP contribution in [-0.2, 0) is 19.2 Å². The number of halogens is 6. The van der Waals surface area contributed by atoms with Crippen LogP contribution in [0.5, 0.6) is 0 Å². The van der Waals surface area contributed by atoms with Crippen LogP contribution >= 0.6 is 86.9 Å². The van der Waals surface area contributed by atoms with Gasteiger partial charge in [0.05, 0.1) is 13.1 Å². The molecular weight excluding hydrogens is 975 g/mol. The zero-order valence-corrected chi connectivity index (χ0v) is 36.3. The molecule has 0 heterocycles. The third-order valence-electron chi connectivity index (χ3n) is 5.77. The molecule has 13 nitrogen and oxygen atoms in total. The van der Waals surface area contributed by atoms with E-state index in [1.54, 1.807) is 36.4 Å². The van der Waals surface area contributed by atoms with Gasteiger partial charge in [-0.2, -0.15) is 0 Å². The molecule has 0 spiro atoms. The Morgan fingerprint density at radius 2 is 1.12 bits per heavy atom. The van der Waals surface area contributed by atoms with E-state index in [0.29, 0.717) is 22.7 Å². The van der Waals surface area contributed by atoms with Gasteiger partial charge < -0.3 is 36.6 Å². The average molecular weight is 1020 g/mol. The van der Waals surface area contributed by atoms with Crippen LogP contribution in [0.2, 0.25) is 0 Å². The van der Waals surface area contributed by atoms with Crippen LogP contribution in [0.15, 0.2) is 36.4 Å². The second-order valence-electron chi connectivity index (χ2n) is 11.2. The molecule has 2 aromatic rings. The molecule has 0 aliphatic rings. The molecule has 0 unspecified atom stereocenters. The maximum absolute atomic E-state index is 11.7. The maximum atomic E-state index is 11.7. The summed E-state index contributed by atoms with van der Waals surface area (Å²) in [6.45, 7) is 22.8. The number of hydrogen-bond donors (Lipinski definition) is 7. The van der Waals surface area contributed by atoms with E-state index in [-0.39, 0.29) is 21.3 Å². The number of aliphatic carboxylic acids is 1. The van der Waals surface area contributed by atoms with Gasteiger partial charge in [0.25, 0.3) is 16.4 Å². The summed E-state index contributed by atoms with van der Waals surface area (Å²) < 4.78 is 0. The number of aryl methyl sites for hydroxylation is 2. The maximum Gasteiger partial charge on any atom is 0.336 e. The first-order valence-electron chi connectivity index (χ1n) is 14.0. The van der Waals surface area contributed by atoms with Crippen LogP contribution in [-0.4, -0.2) is 91.6 Å². The Hall–Kier alpha value is -2.16. The molecule has 2 rings (SSSR count). The summed E-state index contributed by atoms with van der Waals surface area (Å²) in [5, 5.41) is 46.0. The van der Waals surface area contributed by atoms with Gasteiger partial charge in [-0.25, -0.2) is 14.5 Å². The van der Waals surface area contributed by atoms with Gasteiger partial charge in [-0.3, -0.25) is 14.4 Å². The molecule has 0 radical (unpaired) electrons. The Morgan fingerprint density at radius 1 is 0.706 bits per heavy atom. The number of benzene rings is 2. The van der Waals surface area contributed by atoms with E-state index in [2.05, 4.69) is 78.7 Å². The number of nitrogens with zero attached hydrogens (tertiary/aromatic N) is 2. The summed E-state index contributed by atoms with van der Waals surface area (Å²) in [6, 6.07) is 10.3. The van der Waals surface area contributed by atoms with E-state index in [9.17, 15) is 24.3 Å². The van der Waals surface area contributed by atoms with Crippen LogP contribution in [0.1, 0.15) is 38.8 Å². The van der Waals surface area contributed by atoms with Crippen molar-refractivity contribution < 1.29 is 44.7 Å². The van der Waals surface area contributed by atoms with Crippen molar-refractivity contribution in [3.63, 3.8) is 0 Å². The van der Waals surface area contributed by atoms with Crippen molar-refractivity contribution in [1.82, 2.24) is 0 Å². The van der Waals surface area contributed by atoms with Crippen molar-refractivity contribution >= 4 is 132 Å². The van der Waals surface area contributed by atoms with Crippen LogP contribution in [0.4, 0.5) is 22.7 Å². The minimum absolute atomic E-state index is 0.0509. The number of anilines is 2. The van der Waals surface area contributed by atoms with Gasteiger partial charge in [-0.05, 0) is 100 Å². The normalized spacial score (nSPS) is 14.5. The number of carboxylic acids is 1. The number of rotatable bonds is 9. The molecule has 0 saturated heterocycles. The van der Waals surface area contributed by atoms with Crippen molar-refractivity contribution in [3.05, 3.63) is 70.4 Å². The van der Waals surface area contributed by atoms with Crippen molar-refractivity contribution in [2.45, 2.75) is 63.9 Å². The Bertz CT molecular complexity index is 1500. The summed E-state index contributed by atoms with van der Waals surface area (Å²) >= 11 is 21.6. The lowest BCUT2D eigenvalue weighted by Crippen LogP contribution is -2.41. The van der Waals surface area contributed by atoms with E-state index >= 15 is 0 Å². The van der Waals surface area contributed by atoms with Crippen LogP contribution in [0.25, 0.3) is 9.69 Å². The van der Waals surface area contributed by atoms with Crippen molar-refractivity contribution in [1.29, 1.82) is 0 Å². The van der Waals surface area contributed by atoms with Gasteiger partial charge in [-0.15, -0.1) is 0 Å². The molecule has 0 saturated carbocycles. The van der Waals surface area contributed by atoms with Gasteiger partial charge in [0.1, 0.15) is 16.8 Å². The molecule has 0 aliphatic heterocycles. The van der Waals surface area contributed by atoms with Gasteiger partial charge in [0, 0.05) is 32.7 Å². The first-order chi connectivity index (χ1) is 23.2. The molecule has 51 heavy (non-hydrogen) atoms. The first-order valence-corrected chi connectivity index (χ1v) is 19.2. The molecule has 284 valence electrons. The number of amides is 1. The topological polar surface area (TPSA) is 216 Å². The summed E-state index contributed by atoms with van der Waals surface area (Å²) in [7, 11) is 0. The number of nitrogen functional groups attached to an aromatic ring is 1. The van der Waals surface area contributed by atoms with Crippen molar-refractivity contribution in [2.24, 2.45) is 0 Å². The standard InChI is InChI=1S/C12H13BrN2O2.C8H8N2.2C4H6BrClO2.C4H7BrO3/c1-8-4-5-9(6-10(8)14-3)15-11(16)12(2,17)7-13;1-6-5-7(9)3-4-8(6)10-2;3*1-4(8,2-5)3(6)7/h4-6,17H,7H2,1-2H3,(H,15,16);3-5H,9H2,1H3;2*8H,2H2,1H3;8H,2H2,1H3,(H,6,7)/t12-;;3*4-/m0.000/s1. The number of carboxylic acid groups (broad SMARTS) is 1. The van der Waals surface area contributed by atoms with Gasteiger partial charge in [0.2, 0.25) is 0 Å². The smallest absolute Gasteiger partial charge is 0.336 e. The van der Waals surface area contributed by atoms with Crippen LogP contribution < -0.4 is 11.1 Å². The highest BCUT2D eigenvalue weighted by Crippen LogP contribution is 2.24. The Labute approximate surface area is 341 Å². The van der Waals surface area contributed by atoms with E-state index in [4.69, 9.17) is 62.5 Å². The monoisotopic (exact) mass is 1010 g/mol. The number of carbonyl (C=O) groups excluding carboxylic acids is 3. The highest BCUT2D eigenvalue weighted by atomic mass is 79.9. The second-order valence-corrected chi connectivity index (χ2v) is 14.1. The molecule has 2 aromatic carbocycles. The number of carbonyl (C=O) groups is 4. The lowest BCUT2D eigenvalue weighted by Gasteiger charge is -2.19. The fourth-order valence-electron chi connectivity index (χ4n) is 2.10. The second kappa shape index (κ2) is 25.0. The summed E-state index contributed by atoms with van der Waals surface area (Å²) in [5.41, 5.74) is 3.73. The van der Waals surface area contributed by atoms with Crippen molar-refractivity contribution in [2.75, 3.05) is 32.4 Å². The SMILES string of the molecule is C[C@](O)(CBr)C(=O)Cl.C[C@](O)(CBr)C(=O)Cl.C[C@](O)(CBr)C(=O)O.[C-]#[N+]c1cc(NC(=O)[C@@](C)(O)CBr)ccc1C.[C-]#[N+]c1ccc(N)cc1C. The fourth-order valence-corrected chi connectivity index (χ4v) is 3.56. The molecular formula is C32H40Br4Cl2N4O9. The van der Waals surface area contributed by atoms with E-state index in [1.807, 2.05) is 13.8 Å². The van der Waals surface area contributed by atoms with Gasteiger partial charge in [0.15, 0.2) is 17.0 Å². The highest BCUT2D eigenvalue weighted by Gasteiger charge is 2.29. The largest absolute Gasteiger partial charge is 0.479 e. The number of nitrogens with one attached hydrogen (secondary N) is 1. The van der Waals surface area contributed by atoms with Gasteiger partial charge >= 0.3 is 5.97 Å². The fraction of sp³-hybridized carbons (Fsp3) is 0.438. The van der Waals surface area contributed by atoms with Gasteiger partial charge in [-0.1, -0.05) is 75.9 Å². The Morgan fingerprint density at radius 3 is 1.39 bits per heavy atom. The molecule has 4 atom stereocenters. The zero-order valence-electron chi connectivity index (χ0n) is 28.4. The molecule has 0 aliphatic carbocycles. The molecule has 19 heteroatoms. The molecule has 1 amide bonds. The lowest BCUT2D eigenvalue weighted by molar-refractivity contribution is -0.154. The molecule has 0 fully saturated rings. The Balaban J connectivity index is -0.000000591. The minimum Gasteiger partial charge on any atom is -0.479 e. The first kappa shape index (κ1) is 53.2. The molecule has 0 aromatic heterocycles. The van der Waals surface area contributed by atoms with Crippen molar-refractivity contribution in [3.8, 4) is 0 Å².